The van der Waals surface area contributed by atoms with Crippen molar-refractivity contribution in [1.29, 1.82) is 0 Å². The van der Waals surface area contributed by atoms with Crippen LogP contribution < -0.4 is 5.32 Å². The lowest BCUT2D eigenvalue weighted by Crippen LogP contribution is -2.17. The number of para-hydroxylation sites is 1. The lowest BCUT2D eigenvalue weighted by Gasteiger charge is -2.28. The highest BCUT2D eigenvalue weighted by atomic mass is 16.5. The van der Waals surface area contributed by atoms with Gasteiger partial charge < -0.3 is 14.5 Å². The molecule has 4 aromatic rings. The highest BCUT2D eigenvalue weighted by Gasteiger charge is 2.24. The number of hydrogen-bond donors (Lipinski definition) is 1. The number of esters is 1. The van der Waals surface area contributed by atoms with E-state index in [0.717, 1.165) is 53.7 Å². The summed E-state index contributed by atoms with van der Waals surface area (Å²) in [5.74, 6) is 0.697. The van der Waals surface area contributed by atoms with Crippen LogP contribution in [-0.2, 0) is 9.53 Å². The van der Waals surface area contributed by atoms with Gasteiger partial charge in [0.05, 0.1) is 6.61 Å². The summed E-state index contributed by atoms with van der Waals surface area (Å²) >= 11 is 0. The molecule has 6 nitrogen and oxygen atoms in total. The van der Waals surface area contributed by atoms with Crippen LogP contribution in [0.2, 0.25) is 0 Å². The van der Waals surface area contributed by atoms with Gasteiger partial charge in [-0.25, -0.2) is 4.98 Å². The van der Waals surface area contributed by atoms with Crippen molar-refractivity contribution in [3.8, 4) is 11.1 Å². The van der Waals surface area contributed by atoms with E-state index in [4.69, 9.17) is 4.74 Å². The SMILES string of the molecule is CCOC(=O)CC1CCC(c2ccc(-c3ccc4nc(C(=O)Nc5ccccc5C)cn4c3)cc2)CC1. The highest BCUT2D eigenvalue weighted by Crippen LogP contribution is 2.37. The fourth-order valence-electron chi connectivity index (χ4n) is 5.27. The summed E-state index contributed by atoms with van der Waals surface area (Å²) in [6.45, 7) is 4.28. The number of anilines is 1. The molecule has 2 heterocycles. The van der Waals surface area contributed by atoms with Gasteiger partial charge in [0.1, 0.15) is 11.3 Å². The molecular formula is C31H33N3O3. The predicted octanol–water partition coefficient (Wildman–Crippen LogP) is 6.79. The third-order valence-electron chi connectivity index (χ3n) is 7.40. The zero-order chi connectivity index (χ0) is 25.8. The van der Waals surface area contributed by atoms with Crippen molar-refractivity contribution < 1.29 is 14.3 Å². The number of benzene rings is 2. The number of fused-ring (bicyclic) bond motifs is 1. The number of carbonyl (C=O) groups is 2. The van der Waals surface area contributed by atoms with Gasteiger partial charge in [-0.15, -0.1) is 0 Å². The molecule has 1 aliphatic rings. The molecule has 0 unspecified atom stereocenters. The van der Waals surface area contributed by atoms with Crippen LogP contribution in [0.5, 0.6) is 0 Å². The first kappa shape index (κ1) is 24.8. The Bertz CT molecular complexity index is 1400. The van der Waals surface area contributed by atoms with Gasteiger partial charge in [-0.1, -0.05) is 42.5 Å². The molecule has 1 aliphatic carbocycles. The van der Waals surface area contributed by atoms with E-state index in [1.165, 1.54) is 5.56 Å². The highest BCUT2D eigenvalue weighted by molar-refractivity contribution is 6.03. The Morgan fingerprint density at radius 3 is 2.41 bits per heavy atom. The van der Waals surface area contributed by atoms with Crippen LogP contribution in [0.25, 0.3) is 16.8 Å². The Kier molecular flexibility index (Phi) is 7.35. The quantitative estimate of drug-likeness (QED) is 0.287. The first-order chi connectivity index (χ1) is 18.0. The fourth-order valence-corrected chi connectivity index (χ4v) is 5.27. The van der Waals surface area contributed by atoms with Crippen molar-refractivity contribution in [2.24, 2.45) is 5.92 Å². The van der Waals surface area contributed by atoms with E-state index in [0.29, 0.717) is 30.6 Å². The number of nitrogens with zero attached hydrogens (tertiary/aromatic N) is 2. The minimum absolute atomic E-state index is 0.0656. The number of hydrogen-bond acceptors (Lipinski definition) is 4. The van der Waals surface area contributed by atoms with Crippen molar-refractivity contribution in [3.63, 3.8) is 0 Å². The lowest BCUT2D eigenvalue weighted by molar-refractivity contribution is -0.144. The minimum Gasteiger partial charge on any atom is -0.466 e. The Morgan fingerprint density at radius 2 is 1.68 bits per heavy atom. The van der Waals surface area contributed by atoms with Crippen LogP contribution in [0.15, 0.2) is 73.1 Å². The molecule has 0 radical (unpaired) electrons. The summed E-state index contributed by atoms with van der Waals surface area (Å²) in [6.07, 6.45) is 8.70. The molecule has 0 spiro atoms. The molecule has 190 valence electrons. The predicted molar refractivity (Wildman–Crippen MR) is 146 cm³/mol. The molecule has 2 aromatic heterocycles. The smallest absolute Gasteiger partial charge is 0.306 e. The van der Waals surface area contributed by atoms with E-state index in [1.54, 1.807) is 6.20 Å². The molecular weight excluding hydrogens is 462 g/mol. The first-order valence-electron chi connectivity index (χ1n) is 13.1. The number of amides is 1. The molecule has 0 atom stereocenters. The van der Waals surface area contributed by atoms with Crippen molar-refractivity contribution in [3.05, 3.63) is 89.9 Å². The molecule has 1 amide bonds. The maximum Gasteiger partial charge on any atom is 0.306 e. The van der Waals surface area contributed by atoms with Crippen LogP contribution in [0.1, 0.15) is 66.6 Å². The normalized spacial score (nSPS) is 17.5. The molecule has 1 fully saturated rings. The molecule has 0 aliphatic heterocycles. The number of nitrogens with one attached hydrogen (secondary N) is 1. The number of carbonyl (C=O) groups excluding carboxylic acids is 2. The van der Waals surface area contributed by atoms with Crippen LogP contribution in [-0.4, -0.2) is 27.9 Å². The zero-order valence-corrected chi connectivity index (χ0v) is 21.4. The van der Waals surface area contributed by atoms with Crippen LogP contribution in [0.3, 0.4) is 0 Å². The molecule has 2 aromatic carbocycles. The van der Waals surface area contributed by atoms with Crippen LogP contribution in [0, 0.1) is 12.8 Å². The van der Waals surface area contributed by atoms with E-state index in [-0.39, 0.29) is 11.9 Å². The average Bonchev–Trinajstić information content (AvgIpc) is 3.34. The Balaban J connectivity index is 1.24. The van der Waals surface area contributed by atoms with E-state index in [2.05, 4.69) is 34.6 Å². The van der Waals surface area contributed by atoms with Gasteiger partial charge >= 0.3 is 5.97 Å². The van der Waals surface area contributed by atoms with Crippen molar-refractivity contribution >= 4 is 23.2 Å². The van der Waals surface area contributed by atoms with E-state index < -0.39 is 0 Å². The zero-order valence-electron chi connectivity index (χ0n) is 21.4. The summed E-state index contributed by atoms with van der Waals surface area (Å²) in [7, 11) is 0. The van der Waals surface area contributed by atoms with E-state index in [9.17, 15) is 9.59 Å². The van der Waals surface area contributed by atoms with Crippen LogP contribution in [0.4, 0.5) is 5.69 Å². The summed E-state index contributed by atoms with van der Waals surface area (Å²) in [5.41, 5.74) is 6.47. The van der Waals surface area contributed by atoms with Gasteiger partial charge in [0.15, 0.2) is 0 Å². The van der Waals surface area contributed by atoms with Crippen molar-refractivity contribution in [2.75, 3.05) is 11.9 Å². The van der Waals surface area contributed by atoms with Crippen molar-refractivity contribution in [2.45, 2.75) is 51.9 Å². The minimum atomic E-state index is -0.221. The number of imidazole rings is 1. The maximum atomic E-state index is 12.8. The largest absolute Gasteiger partial charge is 0.466 e. The first-order valence-corrected chi connectivity index (χ1v) is 13.1. The summed E-state index contributed by atoms with van der Waals surface area (Å²) in [6, 6.07) is 20.5. The lowest BCUT2D eigenvalue weighted by atomic mass is 9.77. The van der Waals surface area contributed by atoms with Gasteiger partial charge in [-0.05, 0) is 91.8 Å². The van der Waals surface area contributed by atoms with Gasteiger partial charge in [-0.3, -0.25) is 9.59 Å². The topological polar surface area (TPSA) is 72.7 Å². The number of ether oxygens (including phenoxy) is 1. The van der Waals surface area contributed by atoms with E-state index in [1.807, 2.05) is 60.8 Å². The molecule has 37 heavy (non-hydrogen) atoms. The van der Waals surface area contributed by atoms with Gasteiger partial charge in [-0.2, -0.15) is 0 Å². The second-order valence-corrected chi connectivity index (χ2v) is 9.93. The summed E-state index contributed by atoms with van der Waals surface area (Å²) in [4.78, 5) is 29.1. The maximum absolute atomic E-state index is 12.8. The molecule has 1 N–H and O–H groups in total. The Morgan fingerprint density at radius 1 is 0.946 bits per heavy atom. The molecule has 5 rings (SSSR count). The Hall–Kier alpha value is -3.93. The Labute approximate surface area is 217 Å². The number of aromatic nitrogens is 2. The van der Waals surface area contributed by atoms with Gasteiger partial charge in [0, 0.05) is 24.5 Å². The molecule has 0 saturated heterocycles. The summed E-state index contributed by atoms with van der Waals surface area (Å²) in [5, 5.41) is 2.95. The second-order valence-electron chi connectivity index (χ2n) is 9.93. The van der Waals surface area contributed by atoms with Gasteiger partial charge in [0.2, 0.25) is 0 Å². The standard InChI is InChI=1S/C31H33N3O3/c1-3-37-30(35)18-22-8-10-23(11-9-22)24-12-14-25(15-13-24)26-16-17-29-32-28(20-34(29)19-26)31(36)33-27-7-5-4-6-21(27)2/h4-7,12-17,19-20,22-23H,3,8-11,18H2,1-2H3,(H,33,36). The molecule has 1 saturated carbocycles. The number of pyridine rings is 1. The number of rotatable bonds is 7. The molecule has 6 heteroatoms. The van der Waals surface area contributed by atoms with Crippen LogP contribution >= 0.6 is 0 Å². The average molecular weight is 496 g/mol. The second kappa shape index (κ2) is 11.0. The fraction of sp³-hybridized carbons (Fsp3) is 0.323. The van der Waals surface area contributed by atoms with E-state index >= 15 is 0 Å². The monoisotopic (exact) mass is 495 g/mol. The third kappa shape index (κ3) is 5.74. The number of aryl methyl sites for hydroxylation is 1. The van der Waals surface area contributed by atoms with Crippen molar-refractivity contribution in [1.82, 2.24) is 9.38 Å². The molecule has 0 bridgehead atoms. The summed E-state index contributed by atoms with van der Waals surface area (Å²) < 4.78 is 7.02. The van der Waals surface area contributed by atoms with Gasteiger partial charge in [0.25, 0.3) is 5.91 Å². The third-order valence-corrected chi connectivity index (χ3v) is 7.40.